The molecule has 0 fully saturated rings. The number of rotatable bonds is 5. The van der Waals surface area contributed by atoms with Crippen molar-refractivity contribution in [3.63, 3.8) is 0 Å². The molecule has 0 aliphatic carbocycles. The largest absolute Gasteiger partial charge is 0.488 e. The van der Waals surface area contributed by atoms with Crippen molar-refractivity contribution in [1.82, 2.24) is 0 Å². The number of ether oxygens (including phenoxy) is 1. The number of benzene rings is 2. The molecule has 0 radical (unpaired) electrons. The molecule has 0 aromatic heterocycles. The van der Waals surface area contributed by atoms with Gasteiger partial charge in [-0.05, 0) is 34.6 Å². The van der Waals surface area contributed by atoms with E-state index in [9.17, 15) is 4.79 Å². The molecular formula is C18H22BNO4. The minimum absolute atomic E-state index is 0.0847. The summed E-state index contributed by atoms with van der Waals surface area (Å²) < 4.78 is 5.66. The lowest BCUT2D eigenvalue weighted by molar-refractivity contribution is -0.118. The molecule has 126 valence electrons. The number of hydrogen-bond donors (Lipinski definition) is 3. The highest BCUT2D eigenvalue weighted by Crippen LogP contribution is 2.30. The van der Waals surface area contributed by atoms with E-state index in [1.165, 1.54) is 6.07 Å². The summed E-state index contributed by atoms with van der Waals surface area (Å²) >= 11 is 0. The molecule has 0 spiro atoms. The molecule has 2 aromatic carbocycles. The summed E-state index contributed by atoms with van der Waals surface area (Å²) in [4.78, 5) is 12.1. The topological polar surface area (TPSA) is 78.8 Å². The Balaban J connectivity index is 2.01. The number of nitrogens with one attached hydrogen (secondary N) is 1. The predicted molar refractivity (Wildman–Crippen MR) is 95.5 cm³/mol. The second-order valence-corrected chi connectivity index (χ2v) is 6.58. The third-order valence-electron chi connectivity index (χ3n) is 3.52. The summed E-state index contributed by atoms with van der Waals surface area (Å²) in [5.41, 5.74) is 1.74. The van der Waals surface area contributed by atoms with Gasteiger partial charge in [-0.1, -0.05) is 51.1 Å². The van der Waals surface area contributed by atoms with Crippen molar-refractivity contribution >= 4 is 24.2 Å². The molecule has 2 rings (SSSR count). The zero-order valence-corrected chi connectivity index (χ0v) is 14.1. The van der Waals surface area contributed by atoms with Gasteiger partial charge in [0.1, 0.15) is 5.75 Å². The van der Waals surface area contributed by atoms with Crippen molar-refractivity contribution in [2.45, 2.75) is 26.2 Å². The van der Waals surface area contributed by atoms with Crippen molar-refractivity contribution in [2.24, 2.45) is 0 Å². The summed E-state index contributed by atoms with van der Waals surface area (Å²) in [5.74, 6) is 0.364. The molecule has 3 N–H and O–H groups in total. The van der Waals surface area contributed by atoms with E-state index in [1.807, 2.05) is 24.3 Å². The first kappa shape index (κ1) is 18.0. The summed E-state index contributed by atoms with van der Waals surface area (Å²) in [7, 11) is -1.57. The van der Waals surface area contributed by atoms with Crippen molar-refractivity contribution < 1.29 is 19.6 Å². The highest BCUT2D eigenvalue weighted by atomic mass is 16.5. The third-order valence-corrected chi connectivity index (χ3v) is 3.52. The fourth-order valence-corrected chi connectivity index (χ4v) is 2.33. The number of amides is 1. The van der Waals surface area contributed by atoms with Crippen LogP contribution in [0.3, 0.4) is 0 Å². The van der Waals surface area contributed by atoms with Gasteiger partial charge in [-0.2, -0.15) is 0 Å². The maximum absolute atomic E-state index is 12.1. The first-order valence-electron chi connectivity index (χ1n) is 7.75. The molecule has 0 bridgehead atoms. The van der Waals surface area contributed by atoms with Crippen molar-refractivity contribution in [3.8, 4) is 5.75 Å². The Labute approximate surface area is 142 Å². The molecule has 0 aliphatic heterocycles. The molecule has 0 heterocycles. The van der Waals surface area contributed by atoms with E-state index in [0.717, 1.165) is 5.56 Å². The van der Waals surface area contributed by atoms with Crippen molar-refractivity contribution in [1.29, 1.82) is 0 Å². The molecule has 0 unspecified atom stereocenters. The van der Waals surface area contributed by atoms with Gasteiger partial charge in [0.2, 0.25) is 0 Å². The highest BCUT2D eigenvalue weighted by Gasteiger charge is 2.19. The summed E-state index contributed by atoms with van der Waals surface area (Å²) in [6.07, 6.45) is 0. The van der Waals surface area contributed by atoms with Gasteiger partial charge in [0, 0.05) is 5.69 Å². The lowest BCUT2D eigenvalue weighted by Crippen LogP contribution is -2.30. The Kier molecular flexibility index (Phi) is 5.64. The van der Waals surface area contributed by atoms with Gasteiger partial charge in [0.15, 0.2) is 6.61 Å². The third kappa shape index (κ3) is 4.84. The van der Waals surface area contributed by atoms with Gasteiger partial charge in [-0.3, -0.25) is 4.79 Å². The van der Waals surface area contributed by atoms with Gasteiger partial charge >= 0.3 is 7.12 Å². The molecule has 0 aliphatic rings. The van der Waals surface area contributed by atoms with Crippen LogP contribution in [0.25, 0.3) is 0 Å². The zero-order valence-electron chi connectivity index (χ0n) is 14.1. The Bertz CT molecular complexity index is 710. The number of anilines is 1. The molecule has 0 saturated heterocycles. The molecule has 0 saturated carbocycles. The van der Waals surface area contributed by atoms with Crippen LogP contribution in [0.5, 0.6) is 5.75 Å². The molecule has 2 aromatic rings. The van der Waals surface area contributed by atoms with Gasteiger partial charge in [0.25, 0.3) is 5.91 Å². The standard InChI is InChI=1S/C18H22BNO4/c1-18(2,3)15-9-4-5-10-16(15)24-12-17(21)20-14-8-6-7-13(11-14)19(22)23/h4-11,22-23H,12H2,1-3H3,(H,20,21). The Morgan fingerprint density at radius 2 is 1.83 bits per heavy atom. The van der Waals surface area contributed by atoms with Crippen LogP contribution in [0.4, 0.5) is 5.69 Å². The van der Waals surface area contributed by atoms with E-state index >= 15 is 0 Å². The normalized spacial score (nSPS) is 11.0. The minimum Gasteiger partial charge on any atom is -0.483 e. The Morgan fingerprint density at radius 3 is 2.50 bits per heavy atom. The fraction of sp³-hybridized carbons (Fsp3) is 0.278. The van der Waals surface area contributed by atoms with Crippen LogP contribution in [0, 0.1) is 0 Å². The van der Waals surface area contributed by atoms with Crippen LogP contribution >= 0.6 is 0 Å². The Morgan fingerprint density at radius 1 is 1.12 bits per heavy atom. The number of carbonyl (C=O) groups is 1. The van der Waals surface area contributed by atoms with Gasteiger partial charge in [-0.15, -0.1) is 0 Å². The van der Waals surface area contributed by atoms with Crippen LogP contribution < -0.4 is 15.5 Å². The SMILES string of the molecule is CC(C)(C)c1ccccc1OCC(=O)Nc1cccc(B(O)O)c1. The van der Waals surface area contributed by atoms with E-state index in [2.05, 4.69) is 26.1 Å². The molecule has 24 heavy (non-hydrogen) atoms. The molecule has 5 nitrogen and oxygen atoms in total. The number of carbonyl (C=O) groups excluding carboxylic acids is 1. The van der Waals surface area contributed by atoms with Crippen LogP contribution in [0.15, 0.2) is 48.5 Å². The summed E-state index contributed by atoms with van der Waals surface area (Å²) in [5, 5.41) is 21.0. The second-order valence-electron chi connectivity index (χ2n) is 6.58. The Hall–Kier alpha value is -2.31. The quantitative estimate of drug-likeness (QED) is 0.730. The maximum Gasteiger partial charge on any atom is 0.488 e. The average molecular weight is 327 g/mol. The van der Waals surface area contributed by atoms with Crippen LogP contribution in [0.2, 0.25) is 0 Å². The van der Waals surface area contributed by atoms with Crippen molar-refractivity contribution in [2.75, 3.05) is 11.9 Å². The van der Waals surface area contributed by atoms with Gasteiger partial charge in [-0.25, -0.2) is 0 Å². The molecular weight excluding hydrogens is 305 g/mol. The van der Waals surface area contributed by atoms with Crippen LogP contribution in [0.1, 0.15) is 26.3 Å². The monoisotopic (exact) mass is 327 g/mol. The van der Waals surface area contributed by atoms with E-state index in [0.29, 0.717) is 16.9 Å². The molecule has 0 atom stereocenters. The minimum atomic E-state index is -1.57. The second kappa shape index (κ2) is 7.51. The van der Waals surface area contributed by atoms with Crippen LogP contribution in [-0.4, -0.2) is 29.7 Å². The van der Waals surface area contributed by atoms with E-state index in [1.54, 1.807) is 18.2 Å². The fourth-order valence-electron chi connectivity index (χ4n) is 2.33. The summed E-state index contributed by atoms with van der Waals surface area (Å²) in [6.45, 7) is 6.13. The summed E-state index contributed by atoms with van der Waals surface area (Å²) in [6, 6.07) is 14.0. The highest BCUT2D eigenvalue weighted by molar-refractivity contribution is 6.58. The lowest BCUT2D eigenvalue weighted by Gasteiger charge is -2.22. The smallest absolute Gasteiger partial charge is 0.483 e. The number of para-hydroxylation sites is 1. The van der Waals surface area contributed by atoms with Gasteiger partial charge in [0.05, 0.1) is 0 Å². The number of hydrogen-bond acceptors (Lipinski definition) is 4. The van der Waals surface area contributed by atoms with Gasteiger partial charge < -0.3 is 20.1 Å². The molecule has 1 amide bonds. The maximum atomic E-state index is 12.1. The lowest BCUT2D eigenvalue weighted by atomic mass is 9.80. The zero-order chi connectivity index (χ0) is 17.7. The average Bonchev–Trinajstić information content (AvgIpc) is 2.52. The molecule has 6 heteroatoms. The van der Waals surface area contributed by atoms with E-state index in [4.69, 9.17) is 14.8 Å². The first-order valence-corrected chi connectivity index (χ1v) is 7.75. The van der Waals surface area contributed by atoms with Crippen LogP contribution in [-0.2, 0) is 10.2 Å². The van der Waals surface area contributed by atoms with Crippen molar-refractivity contribution in [3.05, 3.63) is 54.1 Å². The van der Waals surface area contributed by atoms with E-state index < -0.39 is 7.12 Å². The first-order chi connectivity index (χ1) is 11.3. The van der Waals surface area contributed by atoms with E-state index in [-0.39, 0.29) is 17.9 Å². The predicted octanol–water partition coefficient (Wildman–Crippen LogP) is 1.68.